The highest BCUT2D eigenvalue weighted by Crippen LogP contribution is 2.19. The number of likely N-dealkylation sites (tertiary alicyclic amines) is 1. The predicted molar refractivity (Wildman–Crippen MR) is 99.0 cm³/mol. The van der Waals surface area contributed by atoms with Gasteiger partial charge in [-0.15, -0.1) is 11.8 Å². The Kier molecular flexibility index (Phi) is 7.36. The first-order valence-electron chi connectivity index (χ1n) is 8.21. The normalized spacial score (nSPS) is 14.3. The van der Waals surface area contributed by atoms with E-state index in [2.05, 4.69) is 10.6 Å². The van der Waals surface area contributed by atoms with E-state index < -0.39 is 5.91 Å². The molecule has 1 aromatic carbocycles. The van der Waals surface area contributed by atoms with Crippen LogP contribution in [0.25, 0.3) is 0 Å². The van der Waals surface area contributed by atoms with E-state index in [1.54, 1.807) is 11.8 Å². The average Bonchev–Trinajstić information content (AvgIpc) is 3.04. The Morgan fingerprint density at radius 2 is 2.32 bits per heavy atom. The number of hydrogen-bond donors (Lipinski definition) is 2. The van der Waals surface area contributed by atoms with Gasteiger partial charge < -0.3 is 15.5 Å². The Bertz CT molecular complexity index is 697. The van der Waals surface area contributed by atoms with Crippen LogP contribution in [-0.4, -0.2) is 42.6 Å². The minimum absolute atomic E-state index is 0.0202. The molecule has 0 atom stereocenters. The van der Waals surface area contributed by atoms with Gasteiger partial charge in [-0.1, -0.05) is 6.07 Å². The summed E-state index contributed by atoms with van der Waals surface area (Å²) in [4.78, 5) is 26.5. The maximum absolute atomic E-state index is 12.1. The fraction of sp³-hybridized carbons (Fsp3) is 0.389. The first kappa shape index (κ1) is 18.9. The minimum atomic E-state index is -0.413. The van der Waals surface area contributed by atoms with Crippen LogP contribution in [0.1, 0.15) is 19.3 Å². The lowest BCUT2D eigenvalue weighted by molar-refractivity contribution is -0.127. The van der Waals surface area contributed by atoms with E-state index in [9.17, 15) is 9.59 Å². The van der Waals surface area contributed by atoms with Crippen molar-refractivity contribution < 1.29 is 9.59 Å². The van der Waals surface area contributed by atoms with E-state index in [0.29, 0.717) is 25.9 Å². The molecule has 1 aliphatic heterocycles. The summed E-state index contributed by atoms with van der Waals surface area (Å²) in [6, 6.07) is 9.62. The Morgan fingerprint density at radius 3 is 3.00 bits per heavy atom. The van der Waals surface area contributed by atoms with Crippen LogP contribution in [0.4, 0.5) is 5.69 Å². The van der Waals surface area contributed by atoms with E-state index in [1.807, 2.05) is 41.5 Å². The minimum Gasteiger partial charge on any atom is -0.360 e. The van der Waals surface area contributed by atoms with Crippen molar-refractivity contribution in [2.24, 2.45) is 0 Å². The van der Waals surface area contributed by atoms with Gasteiger partial charge in [0.15, 0.2) is 0 Å². The van der Waals surface area contributed by atoms with Crippen LogP contribution >= 0.6 is 11.8 Å². The molecule has 1 saturated heterocycles. The maximum Gasteiger partial charge on any atom is 0.263 e. The molecule has 1 aliphatic rings. The molecule has 0 saturated carbocycles. The Morgan fingerprint density at radius 1 is 1.48 bits per heavy atom. The third kappa shape index (κ3) is 5.84. The molecule has 0 bridgehead atoms. The third-order valence-corrected chi connectivity index (χ3v) is 4.61. The Labute approximate surface area is 152 Å². The third-order valence-electron chi connectivity index (χ3n) is 3.88. The van der Waals surface area contributed by atoms with E-state index in [1.165, 1.54) is 6.20 Å². The van der Waals surface area contributed by atoms with Crippen LogP contribution in [-0.2, 0) is 9.59 Å². The van der Waals surface area contributed by atoms with Gasteiger partial charge in [0.25, 0.3) is 5.91 Å². The van der Waals surface area contributed by atoms with Crippen LogP contribution in [0.2, 0.25) is 0 Å². The largest absolute Gasteiger partial charge is 0.360 e. The summed E-state index contributed by atoms with van der Waals surface area (Å²) < 4.78 is 0. The first-order chi connectivity index (χ1) is 12.1. The number of amides is 2. The fourth-order valence-electron chi connectivity index (χ4n) is 2.52. The van der Waals surface area contributed by atoms with Gasteiger partial charge in [0.2, 0.25) is 5.91 Å². The van der Waals surface area contributed by atoms with Gasteiger partial charge in [-0.3, -0.25) is 9.59 Å². The van der Waals surface area contributed by atoms with Crippen LogP contribution < -0.4 is 10.6 Å². The van der Waals surface area contributed by atoms with Crippen molar-refractivity contribution in [3.63, 3.8) is 0 Å². The van der Waals surface area contributed by atoms with E-state index in [-0.39, 0.29) is 11.5 Å². The molecule has 1 aromatic rings. The molecule has 1 fully saturated rings. The summed E-state index contributed by atoms with van der Waals surface area (Å²) >= 11 is 1.62. The summed E-state index contributed by atoms with van der Waals surface area (Å²) in [5, 5.41) is 14.9. The van der Waals surface area contributed by atoms with E-state index >= 15 is 0 Å². The molecule has 0 aliphatic carbocycles. The SMILES string of the molecule is CSc1cccc(N/C=C(/C#N)C(=O)NCCCN2CCCC2=O)c1. The Balaban J connectivity index is 1.79. The van der Waals surface area contributed by atoms with Gasteiger partial charge >= 0.3 is 0 Å². The number of nitriles is 1. The number of benzene rings is 1. The van der Waals surface area contributed by atoms with Gasteiger partial charge in [-0.25, -0.2) is 0 Å². The molecule has 2 amide bonds. The summed E-state index contributed by atoms with van der Waals surface area (Å²) in [5.41, 5.74) is 0.840. The highest BCUT2D eigenvalue weighted by Gasteiger charge is 2.19. The highest BCUT2D eigenvalue weighted by atomic mass is 32.2. The molecule has 25 heavy (non-hydrogen) atoms. The van der Waals surface area contributed by atoms with Crippen LogP contribution in [0.5, 0.6) is 0 Å². The summed E-state index contributed by atoms with van der Waals surface area (Å²) in [5.74, 6) is -0.232. The van der Waals surface area contributed by atoms with Crippen molar-refractivity contribution in [3.05, 3.63) is 36.0 Å². The zero-order chi connectivity index (χ0) is 18.1. The quantitative estimate of drug-likeness (QED) is 0.322. The van der Waals surface area contributed by atoms with Gasteiger partial charge in [0.1, 0.15) is 11.6 Å². The molecular weight excluding hydrogens is 336 g/mol. The summed E-state index contributed by atoms with van der Waals surface area (Å²) in [6.07, 6.45) is 5.62. The van der Waals surface area contributed by atoms with E-state index in [4.69, 9.17) is 5.26 Å². The molecule has 2 N–H and O–H groups in total. The topological polar surface area (TPSA) is 85.2 Å². The zero-order valence-electron chi connectivity index (χ0n) is 14.2. The molecule has 0 unspecified atom stereocenters. The van der Waals surface area contributed by atoms with Crippen molar-refractivity contribution >= 4 is 29.3 Å². The first-order valence-corrected chi connectivity index (χ1v) is 9.43. The second-order valence-corrected chi connectivity index (χ2v) is 6.52. The van der Waals surface area contributed by atoms with Crippen molar-refractivity contribution in [2.75, 3.05) is 31.2 Å². The van der Waals surface area contributed by atoms with Crippen molar-refractivity contribution in [3.8, 4) is 6.07 Å². The Hall–Kier alpha value is -2.46. The second-order valence-electron chi connectivity index (χ2n) is 5.64. The number of carbonyl (C=O) groups excluding carboxylic acids is 2. The molecule has 7 heteroatoms. The van der Waals surface area contributed by atoms with Crippen molar-refractivity contribution in [1.82, 2.24) is 10.2 Å². The maximum atomic E-state index is 12.1. The monoisotopic (exact) mass is 358 g/mol. The molecule has 1 heterocycles. The standard InChI is InChI=1S/C18H22N4O2S/c1-25-16-6-2-5-15(11-16)21-13-14(12-19)18(24)20-8-4-10-22-9-3-7-17(22)23/h2,5-6,11,13,21H,3-4,7-10H2,1H3,(H,20,24)/b14-13-. The molecule has 6 nitrogen and oxygen atoms in total. The molecule has 0 aromatic heterocycles. The molecular formula is C18H22N4O2S. The number of anilines is 1. The van der Waals surface area contributed by atoms with Crippen LogP contribution in [0, 0.1) is 11.3 Å². The second kappa shape index (κ2) is 9.74. The number of nitrogens with one attached hydrogen (secondary N) is 2. The fourth-order valence-corrected chi connectivity index (χ4v) is 2.98. The molecule has 0 radical (unpaired) electrons. The molecule has 0 spiro atoms. The number of thioether (sulfide) groups is 1. The lowest BCUT2D eigenvalue weighted by Crippen LogP contribution is -2.31. The van der Waals surface area contributed by atoms with Gasteiger partial charge in [0, 0.05) is 42.8 Å². The predicted octanol–water partition coefficient (Wildman–Crippen LogP) is 2.36. The average molecular weight is 358 g/mol. The lowest BCUT2D eigenvalue weighted by Gasteiger charge is -2.15. The number of nitrogens with zero attached hydrogens (tertiary/aromatic N) is 2. The zero-order valence-corrected chi connectivity index (χ0v) is 15.1. The summed E-state index contributed by atoms with van der Waals surface area (Å²) in [6.45, 7) is 1.88. The number of carbonyl (C=O) groups is 2. The number of hydrogen-bond acceptors (Lipinski definition) is 5. The lowest BCUT2D eigenvalue weighted by atomic mass is 10.2. The molecule has 2 rings (SSSR count). The van der Waals surface area contributed by atoms with Gasteiger partial charge in [0.05, 0.1) is 0 Å². The number of rotatable bonds is 8. The van der Waals surface area contributed by atoms with E-state index in [0.717, 1.165) is 23.5 Å². The smallest absolute Gasteiger partial charge is 0.263 e. The van der Waals surface area contributed by atoms with Crippen LogP contribution in [0.3, 0.4) is 0 Å². The summed E-state index contributed by atoms with van der Waals surface area (Å²) in [7, 11) is 0. The van der Waals surface area contributed by atoms with Crippen molar-refractivity contribution in [2.45, 2.75) is 24.2 Å². The molecule has 132 valence electrons. The highest BCUT2D eigenvalue weighted by molar-refractivity contribution is 7.98. The van der Waals surface area contributed by atoms with Crippen molar-refractivity contribution in [1.29, 1.82) is 5.26 Å². The van der Waals surface area contributed by atoms with Crippen LogP contribution in [0.15, 0.2) is 40.9 Å². The van der Waals surface area contributed by atoms with Gasteiger partial charge in [-0.05, 0) is 37.3 Å². The van der Waals surface area contributed by atoms with Gasteiger partial charge in [-0.2, -0.15) is 5.26 Å².